The normalized spacial score (nSPS) is 25.9. The third kappa shape index (κ3) is 1.69. The van der Waals surface area contributed by atoms with Gasteiger partial charge in [-0.1, -0.05) is 6.07 Å². The smallest absolute Gasteiger partial charge is 0.227 e. The maximum atomic E-state index is 12.0. The summed E-state index contributed by atoms with van der Waals surface area (Å²) in [7, 11) is 1.65. The minimum Gasteiger partial charge on any atom is -0.497 e. The lowest BCUT2D eigenvalue weighted by molar-refractivity contribution is -0.117. The molecule has 3 rings (SSSR count). The number of ether oxygens (including phenoxy) is 1. The summed E-state index contributed by atoms with van der Waals surface area (Å²) in [4.78, 5) is 14.0. The van der Waals surface area contributed by atoms with E-state index in [0.29, 0.717) is 24.3 Å². The van der Waals surface area contributed by atoms with E-state index in [-0.39, 0.29) is 5.91 Å². The molecule has 1 aromatic carbocycles. The molecule has 0 N–H and O–H groups in total. The minimum atomic E-state index is 0.225. The molecule has 2 atom stereocenters. The summed E-state index contributed by atoms with van der Waals surface area (Å²) in [5.74, 6) is 1.97. The highest BCUT2D eigenvalue weighted by Crippen LogP contribution is 2.44. The summed E-state index contributed by atoms with van der Waals surface area (Å²) >= 11 is 6.07. The summed E-state index contributed by atoms with van der Waals surface area (Å²) in [6.07, 6.45) is 2.58. The molecule has 2 heterocycles. The SMILES string of the molecule is COc1ccc2c(c1)N1C(=O)CC[C@@H]1C[C@@H]2CCl. The molecule has 3 nitrogen and oxygen atoms in total. The minimum absolute atomic E-state index is 0.225. The average molecular weight is 266 g/mol. The fraction of sp³-hybridized carbons (Fsp3) is 0.500. The fourth-order valence-electron chi connectivity index (χ4n) is 3.10. The standard InChI is InChI=1S/C14H16ClNO2/c1-18-11-3-4-12-9(8-15)6-10-2-5-14(17)16(10)13(12)7-11/h3-4,7,9-10H,2,5-6,8H2,1H3/t9-,10-/m1/s1. The maximum Gasteiger partial charge on any atom is 0.227 e. The van der Waals surface area contributed by atoms with Crippen LogP contribution in [-0.2, 0) is 4.79 Å². The first kappa shape index (κ1) is 11.8. The topological polar surface area (TPSA) is 29.5 Å². The number of carbonyl (C=O) groups excluding carboxylic acids is 1. The second kappa shape index (κ2) is 4.47. The van der Waals surface area contributed by atoms with Gasteiger partial charge in [-0.3, -0.25) is 4.79 Å². The van der Waals surface area contributed by atoms with Crippen LogP contribution in [0.3, 0.4) is 0 Å². The molecular formula is C14H16ClNO2. The molecule has 2 aliphatic heterocycles. The number of carbonyl (C=O) groups is 1. The van der Waals surface area contributed by atoms with E-state index in [1.54, 1.807) is 7.11 Å². The van der Waals surface area contributed by atoms with Crippen molar-refractivity contribution in [3.63, 3.8) is 0 Å². The van der Waals surface area contributed by atoms with Crippen molar-refractivity contribution in [2.75, 3.05) is 17.9 Å². The molecule has 0 radical (unpaired) electrons. The quantitative estimate of drug-likeness (QED) is 0.770. The average Bonchev–Trinajstić information content (AvgIpc) is 2.78. The second-order valence-corrected chi connectivity index (χ2v) is 5.28. The molecular weight excluding hydrogens is 250 g/mol. The van der Waals surface area contributed by atoms with Gasteiger partial charge in [0, 0.05) is 30.3 Å². The van der Waals surface area contributed by atoms with Gasteiger partial charge in [-0.25, -0.2) is 0 Å². The molecule has 0 bridgehead atoms. The highest BCUT2D eigenvalue weighted by Gasteiger charge is 2.39. The number of fused-ring (bicyclic) bond motifs is 3. The van der Waals surface area contributed by atoms with Gasteiger partial charge in [0.1, 0.15) is 5.75 Å². The first-order valence-electron chi connectivity index (χ1n) is 6.30. The van der Waals surface area contributed by atoms with Gasteiger partial charge in [-0.2, -0.15) is 0 Å². The molecule has 1 amide bonds. The van der Waals surface area contributed by atoms with Crippen LogP contribution in [0.1, 0.15) is 30.7 Å². The lowest BCUT2D eigenvalue weighted by Gasteiger charge is -2.36. The molecule has 2 aliphatic rings. The van der Waals surface area contributed by atoms with Gasteiger partial charge in [0.25, 0.3) is 0 Å². The molecule has 0 spiro atoms. The number of rotatable bonds is 2. The summed E-state index contributed by atoms with van der Waals surface area (Å²) in [6, 6.07) is 6.27. The monoisotopic (exact) mass is 265 g/mol. The molecule has 0 unspecified atom stereocenters. The number of anilines is 1. The van der Waals surface area contributed by atoms with Crippen molar-refractivity contribution >= 4 is 23.2 Å². The van der Waals surface area contributed by atoms with Crippen molar-refractivity contribution in [3.8, 4) is 5.75 Å². The highest BCUT2D eigenvalue weighted by atomic mass is 35.5. The van der Waals surface area contributed by atoms with Gasteiger partial charge in [0.15, 0.2) is 0 Å². The molecule has 96 valence electrons. The molecule has 0 aromatic heterocycles. The van der Waals surface area contributed by atoms with Crippen LogP contribution in [0.4, 0.5) is 5.69 Å². The number of amides is 1. The summed E-state index contributed by atoms with van der Waals surface area (Å²) in [5.41, 5.74) is 2.18. The van der Waals surface area contributed by atoms with Crippen LogP contribution in [-0.4, -0.2) is 24.9 Å². The predicted octanol–water partition coefficient (Wildman–Crippen LogP) is 2.92. The van der Waals surface area contributed by atoms with Crippen molar-refractivity contribution in [2.45, 2.75) is 31.2 Å². The largest absolute Gasteiger partial charge is 0.497 e. The van der Waals surface area contributed by atoms with E-state index in [2.05, 4.69) is 0 Å². The van der Waals surface area contributed by atoms with E-state index in [1.165, 1.54) is 5.56 Å². The van der Waals surface area contributed by atoms with Gasteiger partial charge in [-0.05, 0) is 24.5 Å². The lowest BCUT2D eigenvalue weighted by Crippen LogP contribution is -2.38. The van der Waals surface area contributed by atoms with Crippen LogP contribution in [0.15, 0.2) is 18.2 Å². The number of halogens is 1. The van der Waals surface area contributed by atoms with Gasteiger partial charge in [-0.15, -0.1) is 11.6 Å². The lowest BCUT2D eigenvalue weighted by atomic mass is 9.87. The van der Waals surface area contributed by atoms with Crippen LogP contribution in [0, 0.1) is 0 Å². The fourth-order valence-corrected chi connectivity index (χ4v) is 3.40. The Bertz CT molecular complexity index is 489. The Labute approximate surface area is 112 Å². The van der Waals surface area contributed by atoms with E-state index in [4.69, 9.17) is 16.3 Å². The van der Waals surface area contributed by atoms with E-state index < -0.39 is 0 Å². The molecule has 1 saturated heterocycles. The molecule has 1 aromatic rings. The number of benzene rings is 1. The number of hydrogen-bond acceptors (Lipinski definition) is 2. The van der Waals surface area contributed by atoms with Crippen LogP contribution >= 0.6 is 11.6 Å². The van der Waals surface area contributed by atoms with Gasteiger partial charge in [0.05, 0.1) is 12.8 Å². The van der Waals surface area contributed by atoms with Crippen LogP contribution in [0.25, 0.3) is 0 Å². The van der Waals surface area contributed by atoms with Crippen molar-refractivity contribution < 1.29 is 9.53 Å². The number of hydrogen-bond donors (Lipinski definition) is 0. The van der Waals surface area contributed by atoms with Crippen molar-refractivity contribution in [2.24, 2.45) is 0 Å². The first-order valence-corrected chi connectivity index (χ1v) is 6.84. The maximum absolute atomic E-state index is 12.0. The Morgan fingerprint density at radius 2 is 2.33 bits per heavy atom. The van der Waals surface area contributed by atoms with E-state index in [9.17, 15) is 4.79 Å². The Balaban J connectivity index is 2.11. The Morgan fingerprint density at radius 1 is 1.50 bits per heavy atom. The van der Waals surface area contributed by atoms with Crippen LogP contribution in [0.5, 0.6) is 5.75 Å². The van der Waals surface area contributed by atoms with Crippen LogP contribution in [0.2, 0.25) is 0 Å². The Morgan fingerprint density at radius 3 is 3.06 bits per heavy atom. The zero-order valence-electron chi connectivity index (χ0n) is 10.4. The number of nitrogens with zero attached hydrogens (tertiary/aromatic N) is 1. The van der Waals surface area contributed by atoms with Crippen LogP contribution < -0.4 is 9.64 Å². The molecule has 4 heteroatoms. The van der Waals surface area contributed by atoms with Crippen molar-refractivity contribution in [1.29, 1.82) is 0 Å². The van der Waals surface area contributed by atoms with Gasteiger partial charge in [0.2, 0.25) is 5.91 Å². The van der Waals surface area contributed by atoms with Crippen molar-refractivity contribution in [1.82, 2.24) is 0 Å². The molecule has 0 saturated carbocycles. The molecule has 1 fully saturated rings. The van der Waals surface area contributed by atoms with E-state index in [0.717, 1.165) is 24.3 Å². The highest BCUT2D eigenvalue weighted by molar-refractivity contribution is 6.18. The third-order valence-corrected chi connectivity index (χ3v) is 4.38. The first-order chi connectivity index (χ1) is 8.74. The Kier molecular flexibility index (Phi) is 2.94. The predicted molar refractivity (Wildman–Crippen MR) is 71.6 cm³/mol. The zero-order chi connectivity index (χ0) is 12.7. The molecule has 0 aliphatic carbocycles. The summed E-state index contributed by atoms with van der Waals surface area (Å²) < 4.78 is 5.26. The number of alkyl halides is 1. The molecule has 18 heavy (non-hydrogen) atoms. The zero-order valence-corrected chi connectivity index (χ0v) is 11.1. The van der Waals surface area contributed by atoms with Crippen molar-refractivity contribution in [3.05, 3.63) is 23.8 Å². The van der Waals surface area contributed by atoms with E-state index in [1.807, 2.05) is 23.1 Å². The number of methoxy groups -OCH3 is 1. The van der Waals surface area contributed by atoms with Gasteiger partial charge >= 0.3 is 0 Å². The van der Waals surface area contributed by atoms with Gasteiger partial charge < -0.3 is 9.64 Å². The second-order valence-electron chi connectivity index (χ2n) is 4.97. The summed E-state index contributed by atoms with van der Waals surface area (Å²) in [5, 5.41) is 0. The summed E-state index contributed by atoms with van der Waals surface area (Å²) in [6.45, 7) is 0. The third-order valence-electron chi connectivity index (χ3n) is 4.01. The van der Waals surface area contributed by atoms with E-state index >= 15 is 0 Å². The Hall–Kier alpha value is -1.22.